The van der Waals surface area contributed by atoms with Gasteiger partial charge in [0, 0.05) is 35.6 Å². The Balaban J connectivity index is 1.99. The molecule has 0 bridgehead atoms. The Hall–Kier alpha value is -2.11. The van der Waals surface area contributed by atoms with Crippen LogP contribution in [0.2, 0.25) is 0 Å². The highest BCUT2D eigenvalue weighted by Gasteiger charge is 2.20. The lowest BCUT2D eigenvalue weighted by molar-refractivity contribution is 0.282. The summed E-state index contributed by atoms with van der Waals surface area (Å²) in [7, 11) is 1.99. The van der Waals surface area contributed by atoms with Gasteiger partial charge in [0.1, 0.15) is 11.9 Å². The van der Waals surface area contributed by atoms with Gasteiger partial charge in [-0.2, -0.15) is 0 Å². The molecule has 0 aliphatic rings. The second kappa shape index (κ2) is 6.11. The summed E-state index contributed by atoms with van der Waals surface area (Å²) in [5.74, 6) is 0.949. The van der Waals surface area contributed by atoms with Crippen molar-refractivity contribution in [3.63, 3.8) is 0 Å². The number of aryl methyl sites for hydroxylation is 1. The molecule has 5 heteroatoms. The molecule has 3 aromatic rings. The molecular formula is C16H17N3OS. The highest BCUT2D eigenvalue weighted by molar-refractivity contribution is 7.10. The zero-order valence-corrected chi connectivity index (χ0v) is 12.5. The van der Waals surface area contributed by atoms with Crippen LogP contribution in [-0.4, -0.2) is 14.7 Å². The van der Waals surface area contributed by atoms with Crippen LogP contribution in [0.25, 0.3) is 0 Å². The molecule has 0 aliphatic heterocycles. The lowest BCUT2D eigenvalue weighted by atomic mass is 10.1. The first-order valence-electron chi connectivity index (χ1n) is 6.75. The molecule has 0 radical (unpaired) electrons. The summed E-state index contributed by atoms with van der Waals surface area (Å²) in [5, 5.41) is 15.1. The molecule has 2 heterocycles. The first kappa shape index (κ1) is 13.9. The van der Waals surface area contributed by atoms with Crippen LogP contribution in [0, 0.1) is 0 Å². The number of anilines is 1. The Morgan fingerprint density at radius 1 is 1.29 bits per heavy atom. The molecule has 3 rings (SSSR count). The van der Waals surface area contributed by atoms with Gasteiger partial charge in [0.2, 0.25) is 0 Å². The van der Waals surface area contributed by atoms with Crippen molar-refractivity contribution in [1.29, 1.82) is 0 Å². The van der Waals surface area contributed by atoms with Crippen LogP contribution in [0.4, 0.5) is 5.69 Å². The van der Waals surface area contributed by atoms with E-state index in [1.54, 1.807) is 17.5 Å². The van der Waals surface area contributed by atoms with E-state index in [1.165, 1.54) is 4.88 Å². The Morgan fingerprint density at radius 3 is 2.81 bits per heavy atom. The minimum atomic E-state index is -0.0299. The molecular weight excluding hydrogens is 282 g/mol. The van der Waals surface area contributed by atoms with Crippen molar-refractivity contribution in [2.45, 2.75) is 12.6 Å². The van der Waals surface area contributed by atoms with Crippen LogP contribution in [0.15, 0.2) is 54.2 Å². The molecule has 21 heavy (non-hydrogen) atoms. The van der Waals surface area contributed by atoms with Gasteiger partial charge in [-0.3, -0.25) is 0 Å². The summed E-state index contributed by atoms with van der Waals surface area (Å²) in [6.45, 7) is 0.0148. The first-order valence-corrected chi connectivity index (χ1v) is 7.63. The molecule has 0 saturated heterocycles. The SMILES string of the molecule is Cn1ccnc1C(Nc1ccccc1CO)c1cccs1. The van der Waals surface area contributed by atoms with Crippen LogP contribution in [0.5, 0.6) is 0 Å². The molecule has 0 amide bonds. The highest BCUT2D eigenvalue weighted by atomic mass is 32.1. The molecule has 108 valence electrons. The summed E-state index contributed by atoms with van der Waals surface area (Å²) in [4.78, 5) is 5.66. The van der Waals surface area contributed by atoms with Gasteiger partial charge >= 0.3 is 0 Å². The van der Waals surface area contributed by atoms with Gasteiger partial charge in [-0.05, 0) is 17.5 Å². The normalized spacial score (nSPS) is 12.3. The van der Waals surface area contributed by atoms with Crippen molar-refractivity contribution in [1.82, 2.24) is 9.55 Å². The average Bonchev–Trinajstić information content (AvgIpc) is 3.17. The van der Waals surface area contributed by atoms with Gasteiger partial charge in [-0.1, -0.05) is 24.3 Å². The van der Waals surface area contributed by atoms with E-state index in [-0.39, 0.29) is 12.6 Å². The van der Waals surface area contributed by atoms with Crippen molar-refractivity contribution in [2.24, 2.45) is 7.05 Å². The zero-order chi connectivity index (χ0) is 14.7. The molecule has 1 aromatic carbocycles. The van der Waals surface area contributed by atoms with E-state index >= 15 is 0 Å². The second-order valence-corrected chi connectivity index (χ2v) is 5.78. The third-order valence-electron chi connectivity index (χ3n) is 3.43. The number of hydrogen-bond donors (Lipinski definition) is 2. The summed E-state index contributed by atoms with van der Waals surface area (Å²) in [6.07, 6.45) is 3.74. The van der Waals surface area contributed by atoms with E-state index < -0.39 is 0 Å². The van der Waals surface area contributed by atoms with Crippen molar-refractivity contribution < 1.29 is 5.11 Å². The second-order valence-electron chi connectivity index (χ2n) is 4.80. The van der Waals surface area contributed by atoms with E-state index in [2.05, 4.69) is 21.7 Å². The Kier molecular flexibility index (Phi) is 4.03. The van der Waals surface area contributed by atoms with Gasteiger partial charge in [-0.15, -0.1) is 11.3 Å². The predicted octanol–water partition coefficient (Wildman–Crippen LogP) is 3.18. The average molecular weight is 299 g/mol. The van der Waals surface area contributed by atoms with Crippen LogP contribution >= 0.6 is 11.3 Å². The number of nitrogens with zero attached hydrogens (tertiary/aromatic N) is 2. The number of imidazole rings is 1. The number of thiophene rings is 1. The number of rotatable bonds is 5. The summed E-state index contributed by atoms with van der Waals surface area (Å²) in [6, 6.07) is 11.9. The number of nitrogens with one attached hydrogen (secondary N) is 1. The zero-order valence-electron chi connectivity index (χ0n) is 11.7. The minimum absolute atomic E-state index is 0.0148. The van der Waals surface area contributed by atoms with Gasteiger partial charge in [0.15, 0.2) is 0 Å². The van der Waals surface area contributed by atoms with Gasteiger partial charge in [-0.25, -0.2) is 4.98 Å². The maximum Gasteiger partial charge on any atom is 0.136 e. The third-order valence-corrected chi connectivity index (χ3v) is 4.37. The molecule has 2 aromatic heterocycles. The smallest absolute Gasteiger partial charge is 0.136 e. The molecule has 1 atom stereocenters. The molecule has 2 N–H and O–H groups in total. The number of hydrogen-bond acceptors (Lipinski definition) is 4. The van der Waals surface area contributed by atoms with Gasteiger partial charge in [0.05, 0.1) is 6.61 Å². The predicted molar refractivity (Wildman–Crippen MR) is 85.4 cm³/mol. The fraction of sp³-hybridized carbons (Fsp3) is 0.188. The van der Waals surface area contributed by atoms with E-state index in [0.717, 1.165) is 17.1 Å². The van der Waals surface area contributed by atoms with Crippen molar-refractivity contribution in [2.75, 3.05) is 5.32 Å². The van der Waals surface area contributed by atoms with E-state index in [1.807, 2.05) is 48.1 Å². The third kappa shape index (κ3) is 2.84. The number of para-hydroxylation sites is 1. The standard InChI is InChI=1S/C16H17N3OS/c1-19-9-8-17-16(19)15(14-7-4-10-21-14)18-13-6-3-2-5-12(13)11-20/h2-10,15,18,20H,11H2,1H3. The maximum absolute atomic E-state index is 9.49. The number of aromatic nitrogens is 2. The van der Waals surface area contributed by atoms with Gasteiger partial charge in [0.25, 0.3) is 0 Å². The van der Waals surface area contributed by atoms with Crippen LogP contribution in [0.1, 0.15) is 22.3 Å². The van der Waals surface area contributed by atoms with E-state index in [9.17, 15) is 5.11 Å². The minimum Gasteiger partial charge on any atom is -0.392 e. The molecule has 0 spiro atoms. The number of aliphatic hydroxyl groups excluding tert-OH is 1. The maximum atomic E-state index is 9.49. The quantitative estimate of drug-likeness (QED) is 0.761. The van der Waals surface area contributed by atoms with E-state index in [0.29, 0.717) is 0 Å². The number of aliphatic hydroxyl groups is 1. The Labute approximate surface area is 127 Å². The van der Waals surface area contributed by atoms with Crippen molar-refractivity contribution in [3.8, 4) is 0 Å². The van der Waals surface area contributed by atoms with Gasteiger partial charge < -0.3 is 15.0 Å². The lowest BCUT2D eigenvalue weighted by Crippen LogP contribution is -2.16. The lowest BCUT2D eigenvalue weighted by Gasteiger charge is -2.20. The molecule has 4 nitrogen and oxygen atoms in total. The first-order chi connectivity index (χ1) is 10.3. The molecule has 0 fully saturated rings. The summed E-state index contributed by atoms with van der Waals surface area (Å²) in [5.41, 5.74) is 1.81. The molecule has 0 saturated carbocycles. The summed E-state index contributed by atoms with van der Waals surface area (Å²) < 4.78 is 2.01. The monoisotopic (exact) mass is 299 g/mol. The summed E-state index contributed by atoms with van der Waals surface area (Å²) >= 11 is 1.69. The van der Waals surface area contributed by atoms with Crippen molar-refractivity contribution >= 4 is 17.0 Å². The van der Waals surface area contributed by atoms with Crippen LogP contribution in [-0.2, 0) is 13.7 Å². The number of benzene rings is 1. The topological polar surface area (TPSA) is 50.1 Å². The molecule has 0 aliphatic carbocycles. The van der Waals surface area contributed by atoms with Crippen LogP contribution in [0.3, 0.4) is 0 Å². The van der Waals surface area contributed by atoms with E-state index in [4.69, 9.17) is 0 Å². The fourth-order valence-electron chi connectivity index (χ4n) is 2.33. The van der Waals surface area contributed by atoms with Crippen LogP contribution < -0.4 is 5.32 Å². The van der Waals surface area contributed by atoms with Crippen molar-refractivity contribution in [3.05, 3.63) is 70.4 Å². The highest BCUT2D eigenvalue weighted by Crippen LogP contribution is 2.30. The largest absolute Gasteiger partial charge is 0.392 e. The Bertz CT molecular complexity index is 706. The fourth-order valence-corrected chi connectivity index (χ4v) is 3.10. The Morgan fingerprint density at radius 2 is 2.14 bits per heavy atom. The molecule has 1 unspecified atom stereocenters.